The average Bonchev–Trinajstić information content (AvgIpc) is 2.50. The first-order valence-electron chi connectivity index (χ1n) is 9.67. The van der Waals surface area contributed by atoms with E-state index in [2.05, 4.69) is 19.6 Å². The van der Waals surface area contributed by atoms with Gasteiger partial charge in [-0.3, -0.25) is 0 Å². The maximum absolute atomic E-state index is 5.85. The number of rotatable bonds is 17. The van der Waals surface area contributed by atoms with Crippen molar-refractivity contribution in [1.29, 1.82) is 0 Å². The summed E-state index contributed by atoms with van der Waals surface area (Å²) in [6.45, 7) is 2.29. The highest BCUT2D eigenvalue weighted by atomic mass is 32.1. The van der Waals surface area contributed by atoms with Crippen LogP contribution in [-0.4, -0.2) is 11.8 Å². The van der Waals surface area contributed by atoms with Gasteiger partial charge in [-0.1, -0.05) is 103 Å². The molecule has 0 aromatic heterocycles. The highest BCUT2D eigenvalue weighted by molar-refractivity contribution is 7.80. The number of hydrogen-bond donors (Lipinski definition) is 2. The summed E-state index contributed by atoms with van der Waals surface area (Å²) in [7, 11) is 0. The molecule has 0 amide bonds. The highest BCUT2D eigenvalue weighted by Crippen LogP contribution is 2.13. The maximum atomic E-state index is 5.85. The summed E-state index contributed by atoms with van der Waals surface area (Å²) >= 11 is 4.22. The molecule has 0 rings (SSSR count). The minimum absolute atomic E-state index is 0.315. The van der Waals surface area contributed by atoms with Crippen molar-refractivity contribution >= 4 is 12.6 Å². The van der Waals surface area contributed by atoms with Gasteiger partial charge in [-0.15, -0.1) is 0 Å². The molecule has 0 aliphatic heterocycles. The third-order valence-electron chi connectivity index (χ3n) is 4.41. The SMILES string of the molecule is CCCCCCCCCCCCCCCCCC(N)CS. The molecule has 0 fully saturated rings. The second-order valence-corrected chi connectivity index (χ2v) is 7.05. The molecule has 0 aromatic rings. The van der Waals surface area contributed by atoms with Crippen LogP contribution in [0.2, 0.25) is 0 Å². The van der Waals surface area contributed by atoms with E-state index in [9.17, 15) is 0 Å². The molecule has 21 heavy (non-hydrogen) atoms. The van der Waals surface area contributed by atoms with E-state index in [1.54, 1.807) is 0 Å². The lowest BCUT2D eigenvalue weighted by Gasteiger charge is -2.07. The van der Waals surface area contributed by atoms with Gasteiger partial charge in [0.05, 0.1) is 0 Å². The van der Waals surface area contributed by atoms with Crippen LogP contribution >= 0.6 is 12.6 Å². The van der Waals surface area contributed by atoms with Gasteiger partial charge in [-0.05, 0) is 6.42 Å². The van der Waals surface area contributed by atoms with Gasteiger partial charge in [0, 0.05) is 11.8 Å². The van der Waals surface area contributed by atoms with Gasteiger partial charge in [0.1, 0.15) is 0 Å². The molecule has 0 spiro atoms. The first-order valence-corrected chi connectivity index (χ1v) is 10.3. The molecular formula is C19H41NS. The van der Waals surface area contributed by atoms with Crippen LogP contribution < -0.4 is 5.73 Å². The Morgan fingerprint density at radius 2 is 0.952 bits per heavy atom. The van der Waals surface area contributed by atoms with E-state index in [0.717, 1.165) is 12.2 Å². The van der Waals surface area contributed by atoms with E-state index in [4.69, 9.17) is 5.73 Å². The van der Waals surface area contributed by atoms with Crippen molar-refractivity contribution < 1.29 is 0 Å². The van der Waals surface area contributed by atoms with Crippen molar-refractivity contribution in [3.05, 3.63) is 0 Å². The van der Waals surface area contributed by atoms with Gasteiger partial charge in [0.25, 0.3) is 0 Å². The summed E-state index contributed by atoms with van der Waals surface area (Å²) < 4.78 is 0. The maximum Gasteiger partial charge on any atom is 0.0127 e. The van der Waals surface area contributed by atoms with E-state index < -0.39 is 0 Å². The fraction of sp³-hybridized carbons (Fsp3) is 1.00. The third-order valence-corrected chi connectivity index (χ3v) is 4.88. The Morgan fingerprint density at radius 1 is 0.619 bits per heavy atom. The second kappa shape index (κ2) is 18.4. The summed E-state index contributed by atoms with van der Waals surface area (Å²) in [6.07, 6.45) is 22.6. The van der Waals surface area contributed by atoms with E-state index in [-0.39, 0.29) is 0 Å². The Kier molecular flexibility index (Phi) is 18.6. The Labute approximate surface area is 140 Å². The fourth-order valence-corrected chi connectivity index (χ4v) is 3.05. The number of unbranched alkanes of at least 4 members (excludes halogenated alkanes) is 14. The summed E-state index contributed by atoms with van der Waals surface area (Å²) in [5.41, 5.74) is 5.85. The minimum Gasteiger partial charge on any atom is -0.327 e. The summed E-state index contributed by atoms with van der Waals surface area (Å²) in [5.74, 6) is 0.832. The van der Waals surface area contributed by atoms with Crippen LogP contribution in [0.1, 0.15) is 110 Å². The van der Waals surface area contributed by atoms with Gasteiger partial charge < -0.3 is 5.73 Å². The van der Waals surface area contributed by atoms with Crippen molar-refractivity contribution in [3.63, 3.8) is 0 Å². The summed E-state index contributed by atoms with van der Waals surface area (Å²) in [4.78, 5) is 0. The molecule has 0 bridgehead atoms. The third kappa shape index (κ3) is 18.3. The van der Waals surface area contributed by atoms with Gasteiger partial charge in [-0.2, -0.15) is 12.6 Å². The number of nitrogens with two attached hydrogens (primary N) is 1. The predicted octanol–water partition coefficient (Wildman–Crippen LogP) is 6.51. The molecule has 1 unspecified atom stereocenters. The van der Waals surface area contributed by atoms with Crippen molar-refractivity contribution in [1.82, 2.24) is 0 Å². The fourth-order valence-electron chi connectivity index (χ4n) is 2.87. The van der Waals surface area contributed by atoms with Gasteiger partial charge in [0.15, 0.2) is 0 Å². The predicted molar refractivity (Wildman–Crippen MR) is 101 cm³/mol. The molecule has 0 radical (unpaired) electrons. The standard InChI is InChI=1S/C19H41NS/c1-2-3-4-5-6-7-8-9-10-11-12-13-14-15-16-17-19(20)18-21/h19,21H,2-18,20H2,1H3. The molecule has 2 N–H and O–H groups in total. The van der Waals surface area contributed by atoms with Gasteiger partial charge in [-0.25, -0.2) is 0 Å². The molecule has 0 aromatic carbocycles. The first kappa shape index (κ1) is 21.3. The van der Waals surface area contributed by atoms with E-state index in [1.165, 1.54) is 96.3 Å². The first-order chi connectivity index (χ1) is 10.3. The van der Waals surface area contributed by atoms with E-state index in [0.29, 0.717) is 6.04 Å². The van der Waals surface area contributed by atoms with Crippen LogP contribution in [0, 0.1) is 0 Å². The molecule has 1 atom stereocenters. The van der Waals surface area contributed by atoms with Crippen LogP contribution in [-0.2, 0) is 0 Å². The van der Waals surface area contributed by atoms with Crippen LogP contribution in [0.25, 0.3) is 0 Å². The van der Waals surface area contributed by atoms with Crippen molar-refractivity contribution in [2.75, 3.05) is 5.75 Å². The Morgan fingerprint density at radius 3 is 1.29 bits per heavy atom. The zero-order valence-corrected chi connectivity index (χ0v) is 15.5. The lowest BCUT2D eigenvalue weighted by atomic mass is 10.0. The van der Waals surface area contributed by atoms with Crippen LogP contribution in [0.15, 0.2) is 0 Å². The summed E-state index contributed by atoms with van der Waals surface area (Å²) in [5, 5.41) is 0. The normalized spacial score (nSPS) is 12.7. The zero-order chi connectivity index (χ0) is 15.6. The Hall–Kier alpha value is 0.310. The second-order valence-electron chi connectivity index (χ2n) is 6.68. The lowest BCUT2D eigenvalue weighted by molar-refractivity contribution is 0.523. The van der Waals surface area contributed by atoms with Crippen LogP contribution in [0.4, 0.5) is 0 Å². The van der Waals surface area contributed by atoms with E-state index >= 15 is 0 Å². The Bertz CT molecular complexity index is 184. The van der Waals surface area contributed by atoms with Gasteiger partial charge >= 0.3 is 0 Å². The molecule has 0 saturated heterocycles. The molecule has 0 saturated carbocycles. The largest absolute Gasteiger partial charge is 0.327 e. The topological polar surface area (TPSA) is 26.0 Å². The lowest BCUT2D eigenvalue weighted by Crippen LogP contribution is -2.21. The van der Waals surface area contributed by atoms with Gasteiger partial charge in [0.2, 0.25) is 0 Å². The van der Waals surface area contributed by atoms with Crippen molar-refractivity contribution in [2.24, 2.45) is 5.73 Å². The minimum atomic E-state index is 0.315. The van der Waals surface area contributed by atoms with E-state index in [1.807, 2.05) is 0 Å². The smallest absolute Gasteiger partial charge is 0.0127 e. The molecule has 2 heteroatoms. The van der Waals surface area contributed by atoms with Crippen LogP contribution in [0.3, 0.4) is 0 Å². The Balaban J connectivity index is 2.96. The summed E-state index contributed by atoms with van der Waals surface area (Å²) in [6, 6.07) is 0.315. The zero-order valence-electron chi connectivity index (χ0n) is 14.6. The molecule has 0 aliphatic rings. The monoisotopic (exact) mass is 315 g/mol. The molecule has 128 valence electrons. The highest BCUT2D eigenvalue weighted by Gasteiger charge is 1.98. The average molecular weight is 316 g/mol. The van der Waals surface area contributed by atoms with Crippen molar-refractivity contribution in [2.45, 2.75) is 116 Å². The molecule has 0 aliphatic carbocycles. The quantitative estimate of drug-likeness (QED) is 0.232. The molecule has 0 heterocycles. The van der Waals surface area contributed by atoms with Crippen molar-refractivity contribution in [3.8, 4) is 0 Å². The molecular weight excluding hydrogens is 274 g/mol. The number of thiol groups is 1. The number of hydrogen-bond acceptors (Lipinski definition) is 2. The van der Waals surface area contributed by atoms with Crippen LogP contribution in [0.5, 0.6) is 0 Å². The molecule has 1 nitrogen and oxygen atoms in total.